The summed E-state index contributed by atoms with van der Waals surface area (Å²) in [6.45, 7) is 12.6. The molecule has 1 heterocycles. The maximum atomic E-state index is 10.2. The molecular formula is C31H48O4. The van der Waals surface area contributed by atoms with Crippen molar-refractivity contribution in [2.24, 2.45) is 46.3 Å². The molecule has 1 unspecified atom stereocenters. The zero-order valence-corrected chi connectivity index (χ0v) is 22.7. The van der Waals surface area contributed by atoms with Gasteiger partial charge in [-0.1, -0.05) is 65.5 Å². The number of carbonyl (C=O) groups excluding carboxylic acids is 2. The van der Waals surface area contributed by atoms with Gasteiger partial charge in [0.15, 0.2) is 0 Å². The highest BCUT2D eigenvalue weighted by Crippen LogP contribution is 2.67. The second kappa shape index (κ2) is 10.5. The molecule has 5 aliphatic rings. The number of ether oxygens (including phenoxy) is 1. The Labute approximate surface area is 213 Å². The quantitative estimate of drug-likeness (QED) is 0.259. The lowest BCUT2D eigenvalue weighted by molar-refractivity contribution is -0.150. The summed E-state index contributed by atoms with van der Waals surface area (Å²) in [7, 11) is 0. The Balaban J connectivity index is 0.000000356. The van der Waals surface area contributed by atoms with Crippen molar-refractivity contribution in [2.75, 3.05) is 0 Å². The Bertz CT molecular complexity index is 840. The van der Waals surface area contributed by atoms with Gasteiger partial charge in [-0.25, -0.2) is 9.59 Å². The molecule has 0 radical (unpaired) electrons. The van der Waals surface area contributed by atoms with Crippen LogP contribution in [0.1, 0.15) is 105 Å². The average Bonchev–Trinajstić information content (AvgIpc) is 3.35. The molecule has 0 amide bonds. The zero-order valence-electron chi connectivity index (χ0n) is 22.7. The minimum Gasteiger partial charge on any atom is -0.393 e. The predicted octanol–water partition coefficient (Wildman–Crippen LogP) is 7.01. The van der Waals surface area contributed by atoms with Gasteiger partial charge in [0.05, 0.1) is 6.10 Å². The van der Waals surface area contributed by atoms with Crippen molar-refractivity contribution in [2.45, 2.75) is 111 Å². The predicted molar refractivity (Wildman–Crippen MR) is 139 cm³/mol. The Kier molecular flexibility index (Phi) is 8.01. The van der Waals surface area contributed by atoms with Crippen LogP contribution >= 0.6 is 0 Å². The van der Waals surface area contributed by atoms with E-state index >= 15 is 0 Å². The number of aliphatic hydroxyl groups excluding tert-OH is 1. The summed E-state index contributed by atoms with van der Waals surface area (Å²) >= 11 is 0. The van der Waals surface area contributed by atoms with Crippen LogP contribution in [0.15, 0.2) is 23.8 Å². The number of esters is 2. The molecule has 8 atom stereocenters. The van der Waals surface area contributed by atoms with Crippen molar-refractivity contribution in [1.82, 2.24) is 0 Å². The molecule has 3 fully saturated rings. The van der Waals surface area contributed by atoms with E-state index in [-0.39, 0.29) is 6.10 Å². The van der Waals surface area contributed by atoms with Crippen LogP contribution in [0.2, 0.25) is 0 Å². The van der Waals surface area contributed by atoms with Crippen LogP contribution in [0, 0.1) is 46.3 Å². The molecule has 4 heteroatoms. The van der Waals surface area contributed by atoms with E-state index in [2.05, 4.69) is 45.4 Å². The number of cyclic esters (lactones) is 2. The molecule has 0 saturated heterocycles. The van der Waals surface area contributed by atoms with Gasteiger partial charge in [0.2, 0.25) is 0 Å². The van der Waals surface area contributed by atoms with E-state index in [4.69, 9.17) is 0 Å². The molecule has 0 aromatic heterocycles. The molecule has 4 aliphatic carbocycles. The Morgan fingerprint density at radius 2 is 1.69 bits per heavy atom. The van der Waals surface area contributed by atoms with E-state index in [1.54, 1.807) is 5.57 Å². The summed E-state index contributed by atoms with van der Waals surface area (Å²) in [5, 5.41) is 10.2. The first-order valence-corrected chi connectivity index (χ1v) is 14.4. The van der Waals surface area contributed by atoms with Gasteiger partial charge in [0, 0.05) is 12.2 Å². The fraction of sp³-hybridized carbons (Fsp3) is 0.806. The molecule has 196 valence electrons. The second-order valence-corrected chi connectivity index (χ2v) is 13.3. The lowest BCUT2D eigenvalue weighted by atomic mass is 9.47. The van der Waals surface area contributed by atoms with Crippen molar-refractivity contribution < 1.29 is 19.4 Å². The molecule has 35 heavy (non-hydrogen) atoms. The largest absolute Gasteiger partial charge is 0.393 e. The number of fused-ring (bicyclic) bond motifs is 5. The molecule has 1 N–H and O–H groups in total. The van der Waals surface area contributed by atoms with Gasteiger partial charge in [-0.3, -0.25) is 0 Å². The van der Waals surface area contributed by atoms with E-state index in [9.17, 15) is 14.7 Å². The van der Waals surface area contributed by atoms with Crippen LogP contribution < -0.4 is 0 Å². The summed E-state index contributed by atoms with van der Waals surface area (Å²) in [6.07, 6.45) is 19.3. The number of rotatable bonds is 5. The lowest BCUT2D eigenvalue weighted by Gasteiger charge is -2.58. The monoisotopic (exact) mass is 484 g/mol. The molecule has 1 aliphatic heterocycles. The number of hydrogen-bond acceptors (Lipinski definition) is 4. The number of aliphatic hydroxyl groups is 1. The van der Waals surface area contributed by atoms with Gasteiger partial charge < -0.3 is 9.84 Å². The standard InChI is InChI=1S/C27H46O.C4H2O3/c1-18(2)7-6-8-19(3)23-11-12-24-22-10-9-20-17-21(28)13-15-26(20,4)25(22)14-16-27(23,24)5;5-3-1-2-4(6)7-3/h9,18-19,21-25,28H,6-8,10-17H2,1-5H3;1-2H/t19?,21-,22-,23+,24-,25-,26-,27+;/m0./s1. The minimum atomic E-state index is -0.579. The van der Waals surface area contributed by atoms with Crippen molar-refractivity contribution in [1.29, 1.82) is 0 Å². The molecule has 0 aromatic rings. The molecule has 3 saturated carbocycles. The van der Waals surface area contributed by atoms with Gasteiger partial charge in [-0.15, -0.1) is 0 Å². The maximum absolute atomic E-state index is 10.2. The van der Waals surface area contributed by atoms with Gasteiger partial charge in [-0.05, 0) is 97.7 Å². The molecule has 5 rings (SSSR count). The highest BCUT2D eigenvalue weighted by Gasteiger charge is 2.59. The van der Waals surface area contributed by atoms with Crippen LogP contribution in [0.25, 0.3) is 0 Å². The molecule has 4 nitrogen and oxygen atoms in total. The van der Waals surface area contributed by atoms with Gasteiger partial charge in [0.1, 0.15) is 0 Å². The first kappa shape index (κ1) is 26.6. The Morgan fingerprint density at radius 3 is 2.31 bits per heavy atom. The smallest absolute Gasteiger partial charge is 0.338 e. The highest BCUT2D eigenvalue weighted by atomic mass is 16.6. The summed E-state index contributed by atoms with van der Waals surface area (Å²) in [5.41, 5.74) is 2.60. The summed E-state index contributed by atoms with van der Waals surface area (Å²) in [5.74, 6) is 4.30. The van der Waals surface area contributed by atoms with E-state index in [0.717, 1.165) is 60.5 Å². The van der Waals surface area contributed by atoms with E-state index in [1.165, 1.54) is 57.8 Å². The van der Waals surface area contributed by atoms with Crippen molar-refractivity contribution in [3.05, 3.63) is 23.8 Å². The average molecular weight is 485 g/mol. The summed E-state index contributed by atoms with van der Waals surface area (Å²) in [4.78, 5) is 19.8. The van der Waals surface area contributed by atoms with Gasteiger partial charge in [0.25, 0.3) is 0 Å². The van der Waals surface area contributed by atoms with E-state index < -0.39 is 11.9 Å². The molecule has 0 spiro atoms. The van der Waals surface area contributed by atoms with Crippen molar-refractivity contribution >= 4 is 11.9 Å². The van der Waals surface area contributed by atoms with E-state index in [0.29, 0.717) is 10.8 Å². The first-order chi connectivity index (χ1) is 16.5. The van der Waals surface area contributed by atoms with Crippen LogP contribution in [0.3, 0.4) is 0 Å². The maximum Gasteiger partial charge on any atom is 0.338 e. The third-order valence-corrected chi connectivity index (χ3v) is 10.8. The van der Waals surface area contributed by atoms with E-state index in [1.807, 2.05) is 0 Å². The topological polar surface area (TPSA) is 63.6 Å². The zero-order chi connectivity index (χ0) is 25.4. The minimum absolute atomic E-state index is 0.0766. The number of allylic oxidation sites excluding steroid dienone is 1. The Hall–Kier alpha value is -1.42. The molecular weight excluding hydrogens is 436 g/mol. The van der Waals surface area contributed by atoms with Crippen LogP contribution in [-0.4, -0.2) is 23.1 Å². The van der Waals surface area contributed by atoms with Gasteiger partial charge in [-0.2, -0.15) is 0 Å². The number of hydrogen-bond donors (Lipinski definition) is 1. The highest BCUT2D eigenvalue weighted by molar-refractivity contribution is 6.04. The first-order valence-electron chi connectivity index (χ1n) is 14.4. The lowest BCUT2D eigenvalue weighted by Crippen LogP contribution is -2.50. The fourth-order valence-corrected chi connectivity index (χ4v) is 8.97. The number of carbonyl (C=O) groups is 2. The SMILES string of the molecule is CC(C)CCCC(C)[C@H]1CC[C@H]2[C@@H]3CC=C4C[C@@H](O)CC[C@]4(C)[C@H]3CC[C@]12C.O=C1C=CC(=O)O1. The van der Waals surface area contributed by atoms with Crippen LogP contribution in [0.4, 0.5) is 0 Å². The molecule has 0 aromatic carbocycles. The third-order valence-electron chi connectivity index (χ3n) is 10.8. The Morgan fingerprint density at radius 1 is 0.971 bits per heavy atom. The molecule has 0 bridgehead atoms. The van der Waals surface area contributed by atoms with Crippen LogP contribution in [0.5, 0.6) is 0 Å². The second-order valence-electron chi connectivity index (χ2n) is 13.3. The van der Waals surface area contributed by atoms with Gasteiger partial charge >= 0.3 is 11.9 Å². The van der Waals surface area contributed by atoms with Crippen molar-refractivity contribution in [3.63, 3.8) is 0 Å². The van der Waals surface area contributed by atoms with Crippen molar-refractivity contribution in [3.8, 4) is 0 Å². The fourth-order valence-electron chi connectivity index (χ4n) is 8.97. The normalized spacial score (nSPS) is 40.8. The third kappa shape index (κ3) is 5.33. The summed E-state index contributed by atoms with van der Waals surface area (Å²) < 4.78 is 3.97. The van der Waals surface area contributed by atoms with Crippen LogP contribution in [-0.2, 0) is 14.3 Å². The summed E-state index contributed by atoms with van der Waals surface area (Å²) in [6, 6.07) is 0.